The molecule has 3 heteroatoms. The maximum Gasteiger partial charge on any atom is 0.305 e. The molecule has 0 radical (unpaired) electrons. The molecule has 2 fully saturated rings. The monoisotopic (exact) mass is 264 g/mol. The Balaban J connectivity index is 1.79. The van der Waals surface area contributed by atoms with E-state index in [0.717, 1.165) is 31.6 Å². The van der Waals surface area contributed by atoms with Crippen LogP contribution in [0.1, 0.15) is 45.4 Å². The van der Waals surface area contributed by atoms with E-state index in [2.05, 4.69) is 17.7 Å². The summed E-state index contributed by atoms with van der Waals surface area (Å²) in [5.41, 5.74) is 1.50. The van der Waals surface area contributed by atoms with Crippen molar-refractivity contribution in [1.82, 2.24) is 0 Å². The molecule has 2 aliphatic rings. The molecule has 0 aromatic rings. The lowest BCUT2D eigenvalue weighted by molar-refractivity contribution is -0.140. The Morgan fingerprint density at radius 3 is 2.89 bits per heavy atom. The molecule has 3 nitrogen and oxygen atoms in total. The number of ether oxygens (including phenoxy) is 1. The van der Waals surface area contributed by atoms with Gasteiger partial charge in [-0.25, -0.2) is 0 Å². The smallest absolute Gasteiger partial charge is 0.305 e. The van der Waals surface area contributed by atoms with E-state index in [9.17, 15) is 9.59 Å². The minimum atomic E-state index is -0.128. The molecule has 0 N–H and O–H groups in total. The van der Waals surface area contributed by atoms with E-state index >= 15 is 0 Å². The van der Waals surface area contributed by atoms with Crippen LogP contribution in [0.15, 0.2) is 11.6 Å². The third-order valence-corrected chi connectivity index (χ3v) is 4.86. The van der Waals surface area contributed by atoms with Gasteiger partial charge in [0.05, 0.1) is 7.11 Å². The minimum Gasteiger partial charge on any atom is -0.469 e. The topological polar surface area (TPSA) is 43.4 Å². The largest absolute Gasteiger partial charge is 0.469 e. The van der Waals surface area contributed by atoms with Crippen molar-refractivity contribution in [2.75, 3.05) is 7.11 Å². The first-order valence-corrected chi connectivity index (χ1v) is 7.35. The van der Waals surface area contributed by atoms with Crippen LogP contribution in [0.2, 0.25) is 0 Å². The van der Waals surface area contributed by atoms with Gasteiger partial charge in [0, 0.05) is 12.3 Å². The van der Waals surface area contributed by atoms with E-state index in [1.807, 2.05) is 0 Å². The maximum absolute atomic E-state index is 11.2. The summed E-state index contributed by atoms with van der Waals surface area (Å²) in [7, 11) is 1.43. The molecule has 2 saturated carbocycles. The number of methoxy groups -OCH3 is 1. The highest BCUT2D eigenvalue weighted by molar-refractivity contribution is 5.69. The van der Waals surface area contributed by atoms with Crippen LogP contribution in [0, 0.1) is 23.7 Å². The zero-order valence-corrected chi connectivity index (χ0v) is 11.9. The number of rotatable bonds is 5. The van der Waals surface area contributed by atoms with Gasteiger partial charge in [-0.3, -0.25) is 4.79 Å². The molecule has 2 rings (SSSR count). The van der Waals surface area contributed by atoms with Crippen LogP contribution < -0.4 is 0 Å². The number of allylic oxidation sites excluding steroid dienone is 2. The van der Waals surface area contributed by atoms with Gasteiger partial charge in [0.15, 0.2) is 0 Å². The standard InChI is InChI=1S/C16H24O3/c1-11-7-13-8-12(9-14(13)15(11)10-17)5-3-4-6-16(18)19-2/h5,10-11,13-15H,3-4,6-9H2,1-2H3/b12-5+/t11-,13?,14+,15+/m1/s1. The third-order valence-electron chi connectivity index (χ3n) is 4.86. The number of carbonyl (C=O) groups excluding carboxylic acids is 2. The second-order valence-corrected chi connectivity index (χ2v) is 6.09. The zero-order valence-electron chi connectivity index (χ0n) is 11.9. The van der Waals surface area contributed by atoms with E-state index in [4.69, 9.17) is 0 Å². The van der Waals surface area contributed by atoms with E-state index in [-0.39, 0.29) is 11.9 Å². The van der Waals surface area contributed by atoms with Gasteiger partial charge in [0.2, 0.25) is 0 Å². The maximum atomic E-state index is 11.2. The average molecular weight is 264 g/mol. The fraction of sp³-hybridized carbons (Fsp3) is 0.750. The average Bonchev–Trinajstić information content (AvgIpc) is 2.90. The van der Waals surface area contributed by atoms with Crippen molar-refractivity contribution in [1.29, 1.82) is 0 Å². The summed E-state index contributed by atoms with van der Waals surface area (Å²) in [6.45, 7) is 2.21. The van der Waals surface area contributed by atoms with Crippen LogP contribution in [0.25, 0.3) is 0 Å². The van der Waals surface area contributed by atoms with Gasteiger partial charge in [-0.1, -0.05) is 18.6 Å². The highest BCUT2D eigenvalue weighted by Gasteiger charge is 2.44. The number of hydrogen-bond acceptors (Lipinski definition) is 3. The summed E-state index contributed by atoms with van der Waals surface area (Å²) < 4.78 is 4.62. The van der Waals surface area contributed by atoms with Gasteiger partial charge in [-0.15, -0.1) is 0 Å². The van der Waals surface area contributed by atoms with Crippen molar-refractivity contribution >= 4 is 12.3 Å². The predicted molar refractivity (Wildman–Crippen MR) is 73.5 cm³/mol. The Morgan fingerprint density at radius 2 is 2.21 bits per heavy atom. The first-order valence-electron chi connectivity index (χ1n) is 7.35. The van der Waals surface area contributed by atoms with Gasteiger partial charge in [-0.2, -0.15) is 0 Å². The van der Waals surface area contributed by atoms with Crippen molar-refractivity contribution in [3.8, 4) is 0 Å². The number of carbonyl (C=O) groups is 2. The first-order chi connectivity index (χ1) is 9.15. The third kappa shape index (κ3) is 3.26. The molecule has 0 heterocycles. The Labute approximate surface area is 115 Å². The van der Waals surface area contributed by atoms with E-state index < -0.39 is 0 Å². The number of fused-ring (bicyclic) bond motifs is 1. The van der Waals surface area contributed by atoms with Gasteiger partial charge in [-0.05, 0) is 49.9 Å². The second-order valence-electron chi connectivity index (χ2n) is 6.09. The Morgan fingerprint density at radius 1 is 1.42 bits per heavy atom. The van der Waals surface area contributed by atoms with Gasteiger partial charge in [0.25, 0.3) is 0 Å². The molecule has 0 bridgehead atoms. The van der Waals surface area contributed by atoms with Crippen LogP contribution in [0.3, 0.4) is 0 Å². The van der Waals surface area contributed by atoms with E-state index in [1.165, 1.54) is 25.4 Å². The molecule has 0 spiro atoms. The van der Waals surface area contributed by atoms with Crippen LogP contribution in [0.5, 0.6) is 0 Å². The quantitative estimate of drug-likeness (QED) is 0.331. The number of hydrogen-bond donors (Lipinski definition) is 0. The molecular formula is C16H24O3. The molecule has 0 aromatic carbocycles. The number of aldehydes is 1. The molecular weight excluding hydrogens is 240 g/mol. The fourth-order valence-electron chi connectivity index (χ4n) is 3.86. The van der Waals surface area contributed by atoms with Crippen LogP contribution in [-0.2, 0) is 14.3 Å². The summed E-state index contributed by atoms with van der Waals surface area (Å²) in [5.74, 6) is 2.01. The molecule has 19 heavy (non-hydrogen) atoms. The molecule has 4 atom stereocenters. The lowest BCUT2D eigenvalue weighted by Crippen LogP contribution is -2.14. The Bertz CT molecular complexity index is 372. The molecule has 106 valence electrons. The first kappa shape index (κ1) is 14.3. The molecule has 0 saturated heterocycles. The lowest BCUT2D eigenvalue weighted by atomic mass is 9.89. The van der Waals surface area contributed by atoms with Crippen molar-refractivity contribution < 1.29 is 14.3 Å². The summed E-state index contributed by atoms with van der Waals surface area (Å²) >= 11 is 0. The minimum absolute atomic E-state index is 0.128. The number of esters is 1. The van der Waals surface area contributed by atoms with Gasteiger partial charge < -0.3 is 9.53 Å². The van der Waals surface area contributed by atoms with Crippen LogP contribution in [0.4, 0.5) is 0 Å². The predicted octanol–water partition coefficient (Wildman–Crippen LogP) is 3.14. The van der Waals surface area contributed by atoms with Crippen molar-refractivity contribution in [2.24, 2.45) is 23.7 Å². The zero-order chi connectivity index (χ0) is 13.8. The molecule has 0 amide bonds. The normalized spacial score (nSPS) is 35.4. The highest BCUT2D eigenvalue weighted by Crippen LogP contribution is 2.51. The van der Waals surface area contributed by atoms with E-state index in [1.54, 1.807) is 0 Å². The SMILES string of the molecule is COC(=O)CCC/C=C1\CC2C[C@@H](C)[C@H](C=O)[C@H]2C1. The van der Waals surface area contributed by atoms with Crippen LogP contribution in [-0.4, -0.2) is 19.4 Å². The highest BCUT2D eigenvalue weighted by atomic mass is 16.5. The summed E-state index contributed by atoms with van der Waals surface area (Å²) in [6, 6.07) is 0. The second kappa shape index (κ2) is 6.36. The van der Waals surface area contributed by atoms with Crippen molar-refractivity contribution in [2.45, 2.75) is 45.4 Å². The fourth-order valence-corrected chi connectivity index (χ4v) is 3.86. The van der Waals surface area contributed by atoms with Crippen molar-refractivity contribution in [3.63, 3.8) is 0 Å². The molecule has 0 aliphatic heterocycles. The molecule has 1 unspecified atom stereocenters. The van der Waals surface area contributed by atoms with Gasteiger partial charge >= 0.3 is 5.97 Å². The number of unbranched alkanes of at least 4 members (excludes halogenated alkanes) is 1. The summed E-state index contributed by atoms with van der Waals surface area (Å²) in [4.78, 5) is 22.2. The van der Waals surface area contributed by atoms with E-state index in [0.29, 0.717) is 18.3 Å². The summed E-state index contributed by atoms with van der Waals surface area (Å²) in [6.07, 6.45) is 9.23. The summed E-state index contributed by atoms with van der Waals surface area (Å²) in [5, 5.41) is 0. The van der Waals surface area contributed by atoms with Gasteiger partial charge in [0.1, 0.15) is 6.29 Å². The molecule has 2 aliphatic carbocycles. The van der Waals surface area contributed by atoms with Crippen molar-refractivity contribution in [3.05, 3.63) is 11.6 Å². The Kier molecular flexibility index (Phi) is 4.78. The molecule has 0 aromatic heterocycles. The Hall–Kier alpha value is -1.12. The van der Waals surface area contributed by atoms with Crippen LogP contribution >= 0.6 is 0 Å². The lowest BCUT2D eigenvalue weighted by Gasteiger charge is -2.14.